The molecule has 32 heavy (non-hydrogen) atoms. The molecule has 0 fully saturated rings. The highest BCUT2D eigenvalue weighted by atomic mass is 79.9. The lowest BCUT2D eigenvalue weighted by atomic mass is 9.96. The number of aromatic nitrogens is 1. The predicted octanol–water partition coefficient (Wildman–Crippen LogP) is 6.63. The third kappa shape index (κ3) is 4.55. The number of carboxylic acid groups (broad SMARTS) is 1. The van der Waals surface area contributed by atoms with Crippen LogP contribution in [0.5, 0.6) is 5.88 Å². The first kappa shape index (κ1) is 22.1. The molecule has 0 amide bonds. The highest BCUT2D eigenvalue weighted by molar-refractivity contribution is 9.10. The smallest absolute Gasteiger partial charge is 0.338 e. The number of benzene rings is 2. The first-order valence-electron chi connectivity index (χ1n) is 9.81. The minimum Gasteiger partial charge on any atom is -0.478 e. The molecule has 0 unspecified atom stereocenters. The van der Waals surface area contributed by atoms with Crippen LogP contribution in [0.3, 0.4) is 0 Å². The van der Waals surface area contributed by atoms with Crippen LogP contribution in [0.25, 0.3) is 11.1 Å². The fourth-order valence-corrected chi connectivity index (χ4v) is 4.11. The number of ether oxygens (including phenoxy) is 1. The maximum Gasteiger partial charge on any atom is 0.338 e. The molecule has 0 saturated heterocycles. The van der Waals surface area contributed by atoms with Gasteiger partial charge in [-0.1, -0.05) is 6.07 Å². The van der Waals surface area contributed by atoms with Crippen molar-refractivity contribution in [3.8, 4) is 5.88 Å². The van der Waals surface area contributed by atoms with E-state index in [0.29, 0.717) is 28.4 Å². The van der Waals surface area contributed by atoms with Gasteiger partial charge < -0.3 is 9.84 Å². The Kier molecular flexibility index (Phi) is 6.32. The molecule has 2 aromatic carbocycles. The van der Waals surface area contributed by atoms with E-state index in [2.05, 4.69) is 20.9 Å². The molecule has 1 aliphatic carbocycles. The highest BCUT2D eigenvalue weighted by Gasteiger charge is 2.23. The summed E-state index contributed by atoms with van der Waals surface area (Å²) in [4.78, 5) is 15.7. The number of carbonyl (C=O) groups is 1. The second kappa shape index (κ2) is 9.16. The van der Waals surface area contributed by atoms with Crippen molar-refractivity contribution in [1.29, 1.82) is 0 Å². The lowest BCUT2D eigenvalue weighted by Crippen LogP contribution is -2.04. The van der Waals surface area contributed by atoms with Crippen molar-refractivity contribution in [3.05, 3.63) is 92.8 Å². The molecule has 0 radical (unpaired) electrons. The van der Waals surface area contributed by atoms with Crippen molar-refractivity contribution in [2.24, 2.45) is 0 Å². The number of carboxylic acids is 1. The quantitative estimate of drug-likeness (QED) is 0.409. The van der Waals surface area contributed by atoms with Crippen LogP contribution in [0.4, 0.5) is 13.2 Å². The Hall–Kier alpha value is -3.13. The highest BCUT2D eigenvalue weighted by Crippen LogP contribution is 2.43. The Morgan fingerprint density at radius 1 is 1.03 bits per heavy atom. The molecule has 0 aliphatic heterocycles. The Morgan fingerprint density at radius 2 is 1.81 bits per heavy atom. The van der Waals surface area contributed by atoms with Crippen LogP contribution < -0.4 is 4.74 Å². The topological polar surface area (TPSA) is 59.4 Å². The summed E-state index contributed by atoms with van der Waals surface area (Å²) in [7, 11) is 0. The van der Waals surface area contributed by atoms with Gasteiger partial charge in [-0.25, -0.2) is 22.9 Å². The van der Waals surface area contributed by atoms with Crippen molar-refractivity contribution >= 4 is 33.0 Å². The van der Waals surface area contributed by atoms with Gasteiger partial charge in [0.2, 0.25) is 5.88 Å². The average Bonchev–Trinajstić information content (AvgIpc) is 3.23. The van der Waals surface area contributed by atoms with Gasteiger partial charge in [0.1, 0.15) is 24.1 Å². The number of rotatable bonds is 6. The van der Waals surface area contributed by atoms with Gasteiger partial charge in [-0.2, -0.15) is 0 Å². The van der Waals surface area contributed by atoms with Crippen LogP contribution in [-0.2, 0) is 6.61 Å². The van der Waals surface area contributed by atoms with Crippen molar-refractivity contribution in [3.63, 3.8) is 0 Å². The van der Waals surface area contributed by atoms with Gasteiger partial charge >= 0.3 is 5.97 Å². The van der Waals surface area contributed by atoms with Gasteiger partial charge in [0.25, 0.3) is 0 Å². The van der Waals surface area contributed by atoms with E-state index in [1.54, 1.807) is 12.3 Å². The van der Waals surface area contributed by atoms with Crippen LogP contribution in [0, 0.1) is 17.5 Å². The molecule has 8 heteroatoms. The zero-order valence-corrected chi connectivity index (χ0v) is 18.3. The summed E-state index contributed by atoms with van der Waals surface area (Å²) in [5.74, 6) is -3.24. The number of pyridine rings is 1. The van der Waals surface area contributed by atoms with E-state index in [1.807, 2.05) is 6.07 Å². The third-order valence-electron chi connectivity index (χ3n) is 5.29. The standard InChI is InChI=1S/C24H17BrF3NO3/c25-15-9-19(23(29-11-15)32-12-14-4-6-16(26)10-22(14)28)18-3-1-2-17(18)13-5-7-21(27)20(8-13)24(30)31/h4-11H,1-3,12H2,(H,30,31). The van der Waals surface area contributed by atoms with E-state index in [4.69, 9.17) is 4.74 Å². The SMILES string of the molecule is O=C(O)c1cc(C2=C(c3cc(Br)cnc3OCc3ccc(F)cc3F)CCC2)ccc1F. The first-order chi connectivity index (χ1) is 15.3. The van der Waals surface area contributed by atoms with Gasteiger partial charge in [-0.3, -0.25) is 0 Å². The van der Waals surface area contributed by atoms with Crippen LogP contribution in [0.1, 0.15) is 46.3 Å². The number of nitrogens with zero attached hydrogens (tertiary/aromatic N) is 1. The maximum absolute atomic E-state index is 14.0. The molecule has 4 rings (SSSR count). The Bertz CT molecular complexity index is 1240. The fourth-order valence-electron chi connectivity index (χ4n) is 3.78. The summed E-state index contributed by atoms with van der Waals surface area (Å²) in [6.45, 7) is -0.143. The van der Waals surface area contributed by atoms with Crippen molar-refractivity contribution in [1.82, 2.24) is 4.98 Å². The molecular formula is C24H17BrF3NO3. The predicted molar refractivity (Wildman–Crippen MR) is 117 cm³/mol. The van der Waals surface area contributed by atoms with Crippen LogP contribution in [0.2, 0.25) is 0 Å². The summed E-state index contributed by atoms with van der Waals surface area (Å²) in [6.07, 6.45) is 3.74. The molecule has 0 spiro atoms. The van der Waals surface area contributed by atoms with E-state index in [9.17, 15) is 23.1 Å². The summed E-state index contributed by atoms with van der Waals surface area (Å²) in [6, 6.07) is 9.13. The van der Waals surface area contributed by atoms with Gasteiger partial charge in [0, 0.05) is 27.9 Å². The molecule has 1 aromatic heterocycles. The molecule has 0 atom stereocenters. The molecule has 0 saturated carbocycles. The molecule has 164 valence electrons. The Labute approximate surface area is 190 Å². The molecular weight excluding hydrogens is 487 g/mol. The van der Waals surface area contributed by atoms with Gasteiger partial charge in [-0.15, -0.1) is 0 Å². The average molecular weight is 504 g/mol. The number of hydrogen-bond donors (Lipinski definition) is 1. The van der Waals surface area contributed by atoms with Crippen LogP contribution in [0.15, 0.2) is 53.1 Å². The van der Waals surface area contributed by atoms with Crippen LogP contribution in [-0.4, -0.2) is 16.1 Å². The second-order valence-electron chi connectivity index (χ2n) is 7.34. The van der Waals surface area contributed by atoms with Crippen molar-refractivity contribution in [2.45, 2.75) is 25.9 Å². The van der Waals surface area contributed by atoms with Gasteiger partial charge in [0.15, 0.2) is 0 Å². The molecule has 1 heterocycles. The molecule has 1 aliphatic rings. The zero-order valence-electron chi connectivity index (χ0n) is 16.7. The van der Waals surface area contributed by atoms with E-state index in [0.717, 1.165) is 35.8 Å². The normalized spacial score (nSPS) is 13.5. The molecule has 0 bridgehead atoms. The van der Waals surface area contributed by atoms with Crippen molar-refractivity contribution in [2.75, 3.05) is 0 Å². The molecule has 1 N–H and O–H groups in total. The van der Waals surface area contributed by atoms with E-state index < -0.39 is 29.0 Å². The number of halogens is 4. The van der Waals surface area contributed by atoms with E-state index in [1.165, 1.54) is 12.1 Å². The lowest BCUT2D eigenvalue weighted by molar-refractivity contribution is 0.0692. The maximum atomic E-state index is 14.0. The molecule has 3 aromatic rings. The summed E-state index contributed by atoms with van der Waals surface area (Å²) in [5.41, 5.74) is 2.87. The third-order valence-corrected chi connectivity index (χ3v) is 5.72. The number of allylic oxidation sites excluding steroid dienone is 2. The van der Waals surface area contributed by atoms with E-state index >= 15 is 0 Å². The first-order valence-corrected chi connectivity index (χ1v) is 10.6. The largest absolute Gasteiger partial charge is 0.478 e. The second-order valence-corrected chi connectivity index (χ2v) is 8.26. The van der Waals surface area contributed by atoms with Crippen LogP contribution >= 0.6 is 15.9 Å². The van der Waals surface area contributed by atoms with Crippen molar-refractivity contribution < 1.29 is 27.8 Å². The van der Waals surface area contributed by atoms with E-state index in [-0.39, 0.29) is 18.1 Å². The fraction of sp³-hybridized carbons (Fsp3) is 0.167. The lowest BCUT2D eigenvalue weighted by Gasteiger charge is -2.15. The number of aromatic carboxylic acids is 1. The monoisotopic (exact) mass is 503 g/mol. The molecule has 4 nitrogen and oxygen atoms in total. The summed E-state index contributed by atoms with van der Waals surface area (Å²) < 4.78 is 47.5. The summed E-state index contributed by atoms with van der Waals surface area (Å²) in [5, 5.41) is 9.27. The summed E-state index contributed by atoms with van der Waals surface area (Å²) >= 11 is 3.41. The Balaban J connectivity index is 1.73. The van der Waals surface area contributed by atoms with Gasteiger partial charge in [0.05, 0.1) is 5.56 Å². The Morgan fingerprint density at radius 3 is 2.56 bits per heavy atom. The minimum atomic E-state index is -1.33. The number of hydrogen-bond acceptors (Lipinski definition) is 3. The zero-order chi connectivity index (χ0) is 22.8. The van der Waals surface area contributed by atoms with Gasteiger partial charge in [-0.05, 0) is 82.2 Å². The minimum absolute atomic E-state index is 0.143.